The van der Waals surface area contributed by atoms with Crippen molar-refractivity contribution >= 4 is 18.0 Å². The maximum atomic E-state index is 12.4. The Bertz CT molecular complexity index is 1200. The largest absolute Gasteiger partial charge is 0.481 e. The number of aliphatic carboxylic acids is 1. The van der Waals surface area contributed by atoms with Crippen LogP contribution in [0.3, 0.4) is 0 Å². The van der Waals surface area contributed by atoms with E-state index in [4.69, 9.17) is 14.4 Å². The summed E-state index contributed by atoms with van der Waals surface area (Å²) in [6, 6.07) is 17.7. The number of rotatable bonds is 7. The van der Waals surface area contributed by atoms with Crippen LogP contribution in [0.4, 0.5) is 4.79 Å². The Labute approximate surface area is 195 Å². The van der Waals surface area contributed by atoms with Crippen LogP contribution in [0, 0.1) is 5.92 Å². The lowest BCUT2D eigenvalue weighted by Crippen LogP contribution is -2.50. The monoisotopic (exact) mass is 461 g/mol. The highest BCUT2D eigenvalue weighted by atomic mass is 16.5. The van der Waals surface area contributed by atoms with Gasteiger partial charge in [-0.25, -0.2) is 4.79 Å². The minimum absolute atomic E-state index is 0.0264. The summed E-state index contributed by atoms with van der Waals surface area (Å²) in [4.78, 5) is 37.0. The molecule has 0 saturated carbocycles. The van der Waals surface area contributed by atoms with Crippen molar-refractivity contribution in [3.63, 3.8) is 0 Å². The van der Waals surface area contributed by atoms with Gasteiger partial charge in [-0.15, -0.1) is 0 Å². The molecule has 2 aliphatic rings. The molecular weight excluding hydrogens is 438 g/mol. The molecule has 1 aromatic heterocycles. The average molecular weight is 461 g/mol. The number of nitrogens with one attached hydrogen (secondary N) is 1. The Balaban J connectivity index is 1.12. The van der Waals surface area contributed by atoms with E-state index in [9.17, 15) is 14.4 Å². The number of hydrogen-bond donors (Lipinski definition) is 2. The van der Waals surface area contributed by atoms with Gasteiger partial charge < -0.3 is 24.6 Å². The number of carboxylic acids is 1. The van der Waals surface area contributed by atoms with Gasteiger partial charge >= 0.3 is 12.1 Å². The zero-order valence-electron chi connectivity index (χ0n) is 18.3. The van der Waals surface area contributed by atoms with Gasteiger partial charge in [0.15, 0.2) is 11.5 Å². The number of alkyl carbamates (subject to hydrolysis) is 1. The third-order valence-electron chi connectivity index (χ3n) is 6.24. The van der Waals surface area contributed by atoms with Gasteiger partial charge in [0, 0.05) is 31.0 Å². The first-order valence-corrected chi connectivity index (χ1v) is 11.0. The molecule has 0 spiro atoms. The lowest BCUT2D eigenvalue weighted by molar-refractivity contribution is -0.139. The summed E-state index contributed by atoms with van der Waals surface area (Å²) < 4.78 is 10.6. The lowest BCUT2D eigenvalue weighted by Gasteiger charge is -2.37. The quantitative estimate of drug-likeness (QED) is 0.554. The second kappa shape index (κ2) is 9.01. The molecule has 174 valence electrons. The van der Waals surface area contributed by atoms with E-state index in [0.717, 1.165) is 22.3 Å². The van der Waals surface area contributed by atoms with Gasteiger partial charge in [0.25, 0.3) is 5.91 Å². The van der Waals surface area contributed by atoms with Gasteiger partial charge in [-0.2, -0.15) is 0 Å². The number of carbonyl (C=O) groups excluding carboxylic acids is 2. The minimum atomic E-state index is -0.875. The van der Waals surface area contributed by atoms with Crippen molar-refractivity contribution < 1.29 is 28.8 Å². The maximum absolute atomic E-state index is 12.4. The van der Waals surface area contributed by atoms with E-state index >= 15 is 0 Å². The standard InChI is InChI=1S/C25H23N3O6/c29-23(30)9-15-12-28(13-15)24(31)22-10-16(34-27-22)11-26-25(32)33-14-21-19-7-3-1-5-17(19)18-6-2-4-8-20(18)21/h1-8,10,15,21H,9,11-14H2,(H,26,32)(H,29,30). The summed E-state index contributed by atoms with van der Waals surface area (Å²) in [6.45, 7) is 0.988. The molecule has 2 amide bonds. The predicted octanol–water partition coefficient (Wildman–Crippen LogP) is 3.26. The Morgan fingerprint density at radius 2 is 1.71 bits per heavy atom. The highest BCUT2D eigenvalue weighted by Gasteiger charge is 2.34. The molecule has 9 nitrogen and oxygen atoms in total. The molecule has 5 rings (SSSR count). The molecule has 1 aliphatic heterocycles. The van der Waals surface area contributed by atoms with Gasteiger partial charge in [-0.05, 0) is 22.3 Å². The minimum Gasteiger partial charge on any atom is -0.481 e. The fourth-order valence-corrected chi connectivity index (χ4v) is 4.58. The Morgan fingerprint density at radius 1 is 1.06 bits per heavy atom. The van der Waals surface area contributed by atoms with Crippen LogP contribution >= 0.6 is 0 Å². The van der Waals surface area contributed by atoms with Crippen molar-refractivity contribution in [1.29, 1.82) is 0 Å². The molecule has 34 heavy (non-hydrogen) atoms. The zero-order valence-corrected chi connectivity index (χ0v) is 18.3. The van der Waals surface area contributed by atoms with E-state index in [2.05, 4.69) is 34.7 Å². The predicted molar refractivity (Wildman–Crippen MR) is 120 cm³/mol. The van der Waals surface area contributed by atoms with Gasteiger partial charge in [0.1, 0.15) is 6.61 Å². The topological polar surface area (TPSA) is 122 Å². The molecule has 0 radical (unpaired) electrons. The number of carbonyl (C=O) groups is 3. The van der Waals surface area contributed by atoms with Gasteiger partial charge in [0.2, 0.25) is 0 Å². The highest BCUT2D eigenvalue weighted by molar-refractivity contribution is 5.93. The molecule has 0 unspecified atom stereocenters. The van der Waals surface area contributed by atoms with E-state index in [1.54, 1.807) is 0 Å². The lowest BCUT2D eigenvalue weighted by atomic mass is 9.96. The average Bonchev–Trinajstić information content (AvgIpc) is 3.41. The third-order valence-corrected chi connectivity index (χ3v) is 6.24. The van der Waals surface area contributed by atoms with E-state index in [-0.39, 0.29) is 43.0 Å². The number of carboxylic acid groups (broad SMARTS) is 1. The number of amides is 2. The van der Waals surface area contributed by atoms with E-state index in [0.29, 0.717) is 18.8 Å². The van der Waals surface area contributed by atoms with Crippen LogP contribution < -0.4 is 5.32 Å². The van der Waals surface area contributed by atoms with Gasteiger partial charge in [-0.3, -0.25) is 9.59 Å². The molecule has 1 aliphatic carbocycles. The zero-order chi connectivity index (χ0) is 23.7. The molecular formula is C25H23N3O6. The molecule has 3 aromatic rings. The number of hydrogen-bond acceptors (Lipinski definition) is 6. The molecule has 9 heteroatoms. The SMILES string of the molecule is O=C(O)CC1CN(C(=O)c2cc(CNC(=O)OCC3c4ccccc4-c4ccccc43)on2)C1. The summed E-state index contributed by atoms with van der Waals surface area (Å²) in [5.41, 5.74) is 4.70. The van der Waals surface area contributed by atoms with Crippen LogP contribution in [0.2, 0.25) is 0 Å². The van der Waals surface area contributed by atoms with E-state index in [1.807, 2.05) is 24.3 Å². The van der Waals surface area contributed by atoms with E-state index < -0.39 is 12.1 Å². The summed E-state index contributed by atoms with van der Waals surface area (Å²) in [5.74, 6) is -0.949. The smallest absolute Gasteiger partial charge is 0.407 e. The molecule has 1 saturated heterocycles. The van der Waals surface area contributed by atoms with Crippen LogP contribution in [-0.4, -0.2) is 52.8 Å². The molecule has 2 N–H and O–H groups in total. The van der Waals surface area contributed by atoms with Crippen molar-refractivity contribution in [2.24, 2.45) is 5.92 Å². The normalized spacial score (nSPS) is 14.8. The molecule has 2 aromatic carbocycles. The molecule has 0 atom stereocenters. The number of likely N-dealkylation sites (tertiary alicyclic amines) is 1. The second-order valence-corrected chi connectivity index (χ2v) is 8.53. The second-order valence-electron chi connectivity index (χ2n) is 8.53. The van der Waals surface area contributed by atoms with Crippen molar-refractivity contribution in [2.75, 3.05) is 19.7 Å². The van der Waals surface area contributed by atoms with Crippen molar-refractivity contribution in [2.45, 2.75) is 18.9 Å². The fourth-order valence-electron chi connectivity index (χ4n) is 4.58. The number of nitrogens with zero attached hydrogens (tertiary/aromatic N) is 2. The summed E-state index contributed by atoms with van der Waals surface area (Å²) >= 11 is 0. The number of benzene rings is 2. The van der Waals surface area contributed by atoms with Crippen molar-refractivity contribution in [1.82, 2.24) is 15.4 Å². The van der Waals surface area contributed by atoms with Gasteiger partial charge in [-0.1, -0.05) is 53.7 Å². The number of ether oxygens (including phenoxy) is 1. The highest BCUT2D eigenvalue weighted by Crippen LogP contribution is 2.44. The first-order valence-electron chi connectivity index (χ1n) is 11.0. The summed E-state index contributed by atoms with van der Waals surface area (Å²) in [7, 11) is 0. The van der Waals surface area contributed by atoms with Crippen LogP contribution in [0.15, 0.2) is 59.1 Å². The molecule has 1 fully saturated rings. The number of aromatic nitrogens is 1. The fraction of sp³-hybridized carbons (Fsp3) is 0.280. The van der Waals surface area contributed by atoms with Crippen molar-refractivity contribution in [3.05, 3.63) is 77.2 Å². The Morgan fingerprint density at radius 3 is 2.35 bits per heavy atom. The molecule has 2 heterocycles. The maximum Gasteiger partial charge on any atom is 0.407 e. The van der Waals surface area contributed by atoms with Crippen LogP contribution in [-0.2, 0) is 16.1 Å². The third kappa shape index (κ3) is 4.24. The van der Waals surface area contributed by atoms with Gasteiger partial charge in [0.05, 0.1) is 13.0 Å². The molecule has 0 bridgehead atoms. The van der Waals surface area contributed by atoms with E-state index in [1.165, 1.54) is 11.0 Å². The Hall–Kier alpha value is -4.14. The summed E-state index contributed by atoms with van der Waals surface area (Å²) in [5, 5.41) is 15.2. The van der Waals surface area contributed by atoms with Crippen molar-refractivity contribution in [3.8, 4) is 11.1 Å². The first kappa shape index (κ1) is 21.7. The Kier molecular flexibility index (Phi) is 5.75. The first-order chi connectivity index (χ1) is 16.5. The van der Waals surface area contributed by atoms with Crippen LogP contribution in [0.5, 0.6) is 0 Å². The van der Waals surface area contributed by atoms with Crippen LogP contribution in [0.1, 0.15) is 39.7 Å². The number of fused-ring (bicyclic) bond motifs is 3. The summed E-state index contributed by atoms with van der Waals surface area (Å²) in [6.07, 6.45) is -0.553. The van der Waals surface area contributed by atoms with Crippen LogP contribution in [0.25, 0.3) is 11.1 Å².